The predicted octanol–water partition coefficient (Wildman–Crippen LogP) is -0.708. The Kier molecular flexibility index (Phi) is 4.60. The summed E-state index contributed by atoms with van der Waals surface area (Å²) in [5.41, 5.74) is 5.73. The molecule has 0 aromatic rings. The van der Waals surface area contributed by atoms with E-state index in [0.717, 1.165) is 32.4 Å². The van der Waals surface area contributed by atoms with Crippen LogP contribution < -0.4 is 5.73 Å². The predicted molar refractivity (Wildman–Crippen MR) is 71.4 cm³/mol. The maximum atomic E-state index is 12.6. The van der Waals surface area contributed by atoms with Crippen LogP contribution in [0.5, 0.6) is 0 Å². The smallest absolute Gasteiger partial charge is 0.282 e. The van der Waals surface area contributed by atoms with E-state index in [-0.39, 0.29) is 6.04 Å². The molecule has 18 heavy (non-hydrogen) atoms. The van der Waals surface area contributed by atoms with Gasteiger partial charge in [-0.25, -0.2) is 0 Å². The summed E-state index contributed by atoms with van der Waals surface area (Å²) in [4.78, 5) is 2.14. The average molecular weight is 276 g/mol. The number of piperidine rings is 1. The second-order valence-electron chi connectivity index (χ2n) is 5.23. The second-order valence-corrected chi connectivity index (χ2v) is 7.11. The molecule has 2 heterocycles. The lowest BCUT2D eigenvalue weighted by molar-refractivity contribution is 0.153. The zero-order valence-electron chi connectivity index (χ0n) is 11.1. The molecule has 0 bridgehead atoms. The number of likely N-dealkylation sites (N-methyl/N-ethyl adjacent to an activating group) is 1. The van der Waals surface area contributed by atoms with Gasteiger partial charge in [0.25, 0.3) is 10.2 Å². The molecule has 2 aliphatic heterocycles. The molecule has 2 N–H and O–H groups in total. The molecule has 2 fully saturated rings. The fourth-order valence-electron chi connectivity index (χ4n) is 2.73. The Balaban J connectivity index is 2.12. The van der Waals surface area contributed by atoms with Gasteiger partial charge < -0.3 is 10.6 Å². The topological polar surface area (TPSA) is 69.9 Å². The minimum absolute atomic E-state index is 0.0873. The highest BCUT2D eigenvalue weighted by Crippen LogP contribution is 2.20. The van der Waals surface area contributed by atoms with Gasteiger partial charge in [0.15, 0.2) is 0 Å². The molecule has 6 nitrogen and oxygen atoms in total. The lowest BCUT2D eigenvalue weighted by atomic mass is 10.2. The summed E-state index contributed by atoms with van der Waals surface area (Å²) >= 11 is 0. The Morgan fingerprint density at radius 1 is 1.11 bits per heavy atom. The molecule has 106 valence electrons. The third-order valence-electron chi connectivity index (χ3n) is 3.84. The van der Waals surface area contributed by atoms with Crippen molar-refractivity contribution >= 4 is 10.2 Å². The lowest BCUT2D eigenvalue weighted by Gasteiger charge is -2.41. The first-order chi connectivity index (χ1) is 8.55. The van der Waals surface area contributed by atoms with E-state index in [1.54, 1.807) is 8.61 Å². The van der Waals surface area contributed by atoms with E-state index in [2.05, 4.69) is 4.90 Å². The van der Waals surface area contributed by atoms with Crippen LogP contribution >= 0.6 is 0 Å². The second kappa shape index (κ2) is 5.83. The summed E-state index contributed by atoms with van der Waals surface area (Å²) in [5, 5.41) is 0. The fourth-order valence-corrected chi connectivity index (χ4v) is 4.59. The molecule has 0 spiro atoms. The molecule has 7 heteroatoms. The van der Waals surface area contributed by atoms with E-state index in [1.807, 2.05) is 7.05 Å². The third-order valence-corrected chi connectivity index (χ3v) is 5.93. The normalized spacial score (nSPS) is 29.6. The van der Waals surface area contributed by atoms with Crippen LogP contribution in [0.25, 0.3) is 0 Å². The Morgan fingerprint density at radius 3 is 2.39 bits per heavy atom. The highest BCUT2D eigenvalue weighted by Gasteiger charge is 2.37. The summed E-state index contributed by atoms with van der Waals surface area (Å²) in [6.45, 7) is 3.76. The van der Waals surface area contributed by atoms with E-state index in [9.17, 15) is 8.42 Å². The van der Waals surface area contributed by atoms with Gasteiger partial charge in [-0.3, -0.25) is 0 Å². The van der Waals surface area contributed by atoms with Gasteiger partial charge in [0.2, 0.25) is 0 Å². The number of hydrogen-bond donors (Lipinski definition) is 1. The highest BCUT2D eigenvalue weighted by atomic mass is 32.2. The van der Waals surface area contributed by atoms with Crippen molar-refractivity contribution in [3.05, 3.63) is 0 Å². The van der Waals surface area contributed by atoms with Crippen molar-refractivity contribution in [2.24, 2.45) is 5.73 Å². The van der Waals surface area contributed by atoms with Crippen molar-refractivity contribution in [2.45, 2.75) is 25.3 Å². The molecule has 1 unspecified atom stereocenters. The maximum absolute atomic E-state index is 12.6. The van der Waals surface area contributed by atoms with E-state index >= 15 is 0 Å². The Morgan fingerprint density at radius 2 is 1.78 bits per heavy atom. The van der Waals surface area contributed by atoms with Gasteiger partial charge in [0, 0.05) is 39.3 Å². The molecular weight excluding hydrogens is 252 g/mol. The summed E-state index contributed by atoms with van der Waals surface area (Å²) in [5.74, 6) is 0. The standard InChI is InChI=1S/C11H24N4O2S/c1-13-7-8-15(11(9-12)10-13)18(16,17)14-5-3-2-4-6-14/h11H,2-10,12H2,1H3. The molecular formula is C11H24N4O2S. The van der Waals surface area contributed by atoms with E-state index in [0.29, 0.717) is 26.2 Å². The minimum Gasteiger partial charge on any atom is -0.329 e. The van der Waals surface area contributed by atoms with Crippen molar-refractivity contribution in [1.29, 1.82) is 0 Å². The highest BCUT2D eigenvalue weighted by molar-refractivity contribution is 7.86. The number of nitrogens with two attached hydrogens (primary N) is 1. The largest absolute Gasteiger partial charge is 0.329 e. The van der Waals surface area contributed by atoms with Gasteiger partial charge in [-0.2, -0.15) is 17.0 Å². The molecule has 0 aromatic heterocycles. The zero-order chi connectivity index (χ0) is 13.2. The van der Waals surface area contributed by atoms with Crippen molar-refractivity contribution < 1.29 is 8.42 Å². The van der Waals surface area contributed by atoms with E-state index in [1.165, 1.54) is 0 Å². The van der Waals surface area contributed by atoms with Gasteiger partial charge in [-0.05, 0) is 19.9 Å². The van der Waals surface area contributed by atoms with Crippen LogP contribution in [0, 0.1) is 0 Å². The zero-order valence-corrected chi connectivity index (χ0v) is 11.9. The van der Waals surface area contributed by atoms with Crippen molar-refractivity contribution in [1.82, 2.24) is 13.5 Å². The summed E-state index contributed by atoms with van der Waals surface area (Å²) in [6, 6.07) is -0.0873. The summed E-state index contributed by atoms with van der Waals surface area (Å²) < 4.78 is 28.4. The maximum Gasteiger partial charge on any atom is 0.282 e. The van der Waals surface area contributed by atoms with Gasteiger partial charge in [-0.1, -0.05) is 6.42 Å². The molecule has 2 rings (SSSR count). The number of nitrogens with zero attached hydrogens (tertiary/aromatic N) is 3. The Bertz CT molecular complexity index is 367. The van der Waals surface area contributed by atoms with Crippen molar-refractivity contribution in [2.75, 3.05) is 46.3 Å². The minimum atomic E-state index is -3.31. The summed E-state index contributed by atoms with van der Waals surface area (Å²) in [6.07, 6.45) is 3.08. The first kappa shape index (κ1) is 14.2. The van der Waals surface area contributed by atoms with E-state index in [4.69, 9.17) is 5.73 Å². The van der Waals surface area contributed by atoms with Crippen LogP contribution in [0.1, 0.15) is 19.3 Å². The molecule has 1 atom stereocenters. The average Bonchev–Trinajstić information content (AvgIpc) is 2.39. The van der Waals surface area contributed by atoms with Crippen LogP contribution in [0.2, 0.25) is 0 Å². The number of rotatable bonds is 3. The van der Waals surface area contributed by atoms with E-state index < -0.39 is 10.2 Å². The molecule has 0 amide bonds. The number of hydrogen-bond acceptors (Lipinski definition) is 4. The first-order valence-corrected chi connectivity index (χ1v) is 8.11. The molecule has 0 aliphatic carbocycles. The number of piperazine rings is 1. The quantitative estimate of drug-likeness (QED) is 0.739. The van der Waals surface area contributed by atoms with Gasteiger partial charge >= 0.3 is 0 Å². The molecule has 0 radical (unpaired) electrons. The Hall–Kier alpha value is -0.210. The van der Waals surface area contributed by atoms with Crippen LogP contribution in [-0.2, 0) is 10.2 Å². The molecule has 2 saturated heterocycles. The van der Waals surface area contributed by atoms with Gasteiger partial charge in [-0.15, -0.1) is 0 Å². The first-order valence-electron chi connectivity index (χ1n) is 6.71. The third kappa shape index (κ3) is 2.85. The summed E-state index contributed by atoms with van der Waals surface area (Å²) in [7, 11) is -1.30. The van der Waals surface area contributed by atoms with Crippen molar-refractivity contribution in [3.8, 4) is 0 Å². The SMILES string of the molecule is CN1CCN(S(=O)(=O)N2CCCCC2)C(CN)C1. The fraction of sp³-hybridized carbons (Fsp3) is 1.00. The lowest BCUT2D eigenvalue weighted by Crippen LogP contribution is -2.60. The molecule has 2 aliphatic rings. The van der Waals surface area contributed by atoms with Crippen LogP contribution in [-0.4, -0.2) is 74.3 Å². The van der Waals surface area contributed by atoms with Crippen molar-refractivity contribution in [3.63, 3.8) is 0 Å². The molecule has 0 aromatic carbocycles. The monoisotopic (exact) mass is 276 g/mol. The van der Waals surface area contributed by atoms with Gasteiger partial charge in [0.1, 0.15) is 0 Å². The van der Waals surface area contributed by atoms with Crippen LogP contribution in [0.4, 0.5) is 0 Å². The molecule has 0 saturated carbocycles. The van der Waals surface area contributed by atoms with Crippen LogP contribution in [0.15, 0.2) is 0 Å². The van der Waals surface area contributed by atoms with Gasteiger partial charge in [0.05, 0.1) is 6.04 Å². The van der Waals surface area contributed by atoms with Crippen LogP contribution in [0.3, 0.4) is 0 Å². The Labute approximate surface area is 110 Å².